The molecule has 0 heterocycles. The Hall–Kier alpha value is -1.29. The number of rotatable bonds is 3. The van der Waals surface area contributed by atoms with E-state index in [1.807, 2.05) is 32.9 Å². The van der Waals surface area contributed by atoms with Crippen LogP contribution in [0.1, 0.15) is 40.5 Å². The molecule has 0 rings (SSSR count). The first kappa shape index (κ1) is 16.2. The Labute approximate surface area is 93.6 Å². The average Bonchev–Trinajstić information content (AvgIpc) is 2.24. The van der Waals surface area contributed by atoms with E-state index in [1.165, 1.54) is 13.0 Å². The average molecular weight is 208 g/mol. The van der Waals surface area contributed by atoms with Crippen LogP contribution in [0.25, 0.3) is 0 Å². The highest BCUT2D eigenvalue weighted by molar-refractivity contribution is 5.23. The van der Waals surface area contributed by atoms with Gasteiger partial charge in [-0.05, 0) is 31.9 Å². The molecule has 15 heavy (non-hydrogen) atoms. The fourth-order valence-electron chi connectivity index (χ4n) is 0.727. The van der Waals surface area contributed by atoms with Crippen molar-refractivity contribution in [2.75, 3.05) is 0 Å². The highest BCUT2D eigenvalue weighted by atomic mass is 19.1. The number of allylic oxidation sites excluding steroid dienone is 6. The maximum absolute atomic E-state index is 12.2. The molecule has 1 heteroatoms. The molecule has 84 valence electrons. The van der Waals surface area contributed by atoms with E-state index in [0.29, 0.717) is 0 Å². The Balaban J connectivity index is 0. The van der Waals surface area contributed by atoms with Gasteiger partial charge < -0.3 is 0 Å². The van der Waals surface area contributed by atoms with Gasteiger partial charge in [0.05, 0.1) is 5.83 Å². The van der Waals surface area contributed by atoms with Gasteiger partial charge in [-0.3, -0.25) is 0 Å². The third kappa shape index (κ3) is 15.5. The normalized spacial score (nSPS) is 12.0. The van der Waals surface area contributed by atoms with Gasteiger partial charge in [0.25, 0.3) is 0 Å². The van der Waals surface area contributed by atoms with E-state index >= 15 is 0 Å². The molecule has 0 saturated carbocycles. The molecule has 0 bridgehead atoms. The standard InChI is InChI=1S/C10H15F.C4H6/c1-4-6-10(5-2)8-7-9(3)11;1-3-4-2/h4,6-8H,5H2,1-3H3;1H,4H2,2H3/b6-4+,9-7+,10-8-;. The van der Waals surface area contributed by atoms with E-state index in [1.54, 1.807) is 6.08 Å². The summed E-state index contributed by atoms with van der Waals surface area (Å²) < 4.78 is 12.2. The number of hydrogen-bond acceptors (Lipinski definition) is 0. The molecule has 0 aromatic rings. The van der Waals surface area contributed by atoms with Gasteiger partial charge in [0, 0.05) is 6.42 Å². The molecule has 0 fully saturated rings. The van der Waals surface area contributed by atoms with Crippen LogP contribution < -0.4 is 0 Å². The fourth-order valence-corrected chi connectivity index (χ4v) is 0.727. The number of terminal acetylenes is 1. The first-order chi connectivity index (χ1) is 7.12. The number of halogens is 1. The zero-order chi connectivity index (χ0) is 12.1. The first-order valence-electron chi connectivity index (χ1n) is 5.21. The highest BCUT2D eigenvalue weighted by Gasteiger charge is 1.84. The number of hydrogen-bond donors (Lipinski definition) is 0. The van der Waals surface area contributed by atoms with Crippen LogP contribution in [-0.2, 0) is 0 Å². The lowest BCUT2D eigenvalue weighted by Gasteiger charge is -1.92. The van der Waals surface area contributed by atoms with Gasteiger partial charge >= 0.3 is 0 Å². The van der Waals surface area contributed by atoms with E-state index in [2.05, 4.69) is 5.92 Å². The Bertz CT molecular complexity index is 258. The summed E-state index contributed by atoms with van der Waals surface area (Å²) in [5.41, 5.74) is 1.14. The van der Waals surface area contributed by atoms with Gasteiger partial charge in [0.1, 0.15) is 0 Å². The SMILES string of the molecule is C#CCC.C/C=C/C(=C\C=C(/C)F)CC. The van der Waals surface area contributed by atoms with Crippen molar-refractivity contribution in [1.29, 1.82) is 0 Å². The van der Waals surface area contributed by atoms with Crippen molar-refractivity contribution >= 4 is 0 Å². The monoisotopic (exact) mass is 208 g/mol. The van der Waals surface area contributed by atoms with E-state index < -0.39 is 0 Å². The Morgan fingerprint density at radius 3 is 2.13 bits per heavy atom. The summed E-state index contributed by atoms with van der Waals surface area (Å²) in [5.74, 6) is 2.28. The van der Waals surface area contributed by atoms with Crippen molar-refractivity contribution in [3.05, 3.63) is 35.7 Å². The highest BCUT2D eigenvalue weighted by Crippen LogP contribution is 2.04. The second kappa shape index (κ2) is 12.7. The van der Waals surface area contributed by atoms with Gasteiger partial charge in [0.15, 0.2) is 0 Å². The molecule has 0 aliphatic carbocycles. The van der Waals surface area contributed by atoms with Crippen LogP contribution in [0, 0.1) is 12.3 Å². The van der Waals surface area contributed by atoms with Crippen molar-refractivity contribution in [2.45, 2.75) is 40.5 Å². The van der Waals surface area contributed by atoms with Crippen LogP contribution in [0.2, 0.25) is 0 Å². The lowest BCUT2D eigenvalue weighted by molar-refractivity contribution is 0.640. The third-order valence-electron chi connectivity index (χ3n) is 1.52. The van der Waals surface area contributed by atoms with Crippen LogP contribution in [0.5, 0.6) is 0 Å². The third-order valence-corrected chi connectivity index (χ3v) is 1.52. The molecule has 0 aromatic heterocycles. The van der Waals surface area contributed by atoms with Crippen molar-refractivity contribution < 1.29 is 4.39 Å². The largest absolute Gasteiger partial charge is 0.212 e. The molecule has 0 radical (unpaired) electrons. The summed E-state index contributed by atoms with van der Waals surface area (Å²) in [4.78, 5) is 0. The Kier molecular flexibility index (Phi) is 13.7. The van der Waals surface area contributed by atoms with E-state index in [4.69, 9.17) is 6.42 Å². The molecule has 0 N–H and O–H groups in total. The molecule has 0 spiro atoms. The van der Waals surface area contributed by atoms with E-state index in [0.717, 1.165) is 18.4 Å². The smallest absolute Gasteiger partial charge is 0.0968 e. The molecule has 0 aromatic carbocycles. The second-order valence-corrected chi connectivity index (χ2v) is 2.91. The molecule has 0 aliphatic rings. The predicted octanol–water partition coefficient (Wildman–Crippen LogP) is 4.80. The molecule has 0 atom stereocenters. The summed E-state index contributed by atoms with van der Waals surface area (Å²) in [6.07, 6.45) is 13.8. The van der Waals surface area contributed by atoms with Crippen molar-refractivity contribution in [3.8, 4) is 12.3 Å². The summed E-state index contributed by atoms with van der Waals surface area (Å²) in [7, 11) is 0. The van der Waals surface area contributed by atoms with Gasteiger partial charge in [-0.15, -0.1) is 12.3 Å². The van der Waals surface area contributed by atoms with Gasteiger partial charge in [-0.25, -0.2) is 4.39 Å². The van der Waals surface area contributed by atoms with E-state index in [9.17, 15) is 4.39 Å². The van der Waals surface area contributed by atoms with Gasteiger partial charge in [-0.2, -0.15) is 0 Å². The van der Waals surface area contributed by atoms with Gasteiger partial charge in [0.2, 0.25) is 0 Å². The Morgan fingerprint density at radius 2 is 1.87 bits per heavy atom. The topological polar surface area (TPSA) is 0 Å². The summed E-state index contributed by atoms with van der Waals surface area (Å²) in [6, 6.07) is 0. The molecule has 0 unspecified atom stereocenters. The predicted molar refractivity (Wildman–Crippen MR) is 67.2 cm³/mol. The molecule has 0 saturated heterocycles. The molecular formula is C14H21F. The maximum Gasteiger partial charge on any atom is 0.0968 e. The minimum atomic E-state index is -0.152. The van der Waals surface area contributed by atoms with Crippen LogP contribution in [-0.4, -0.2) is 0 Å². The molecular weight excluding hydrogens is 187 g/mol. The lowest BCUT2D eigenvalue weighted by atomic mass is 10.2. The molecule has 0 nitrogen and oxygen atoms in total. The molecule has 0 amide bonds. The van der Waals surface area contributed by atoms with Crippen molar-refractivity contribution in [2.24, 2.45) is 0 Å². The lowest BCUT2D eigenvalue weighted by Crippen LogP contribution is -1.72. The maximum atomic E-state index is 12.2. The molecule has 0 aliphatic heterocycles. The van der Waals surface area contributed by atoms with Crippen LogP contribution in [0.15, 0.2) is 35.7 Å². The zero-order valence-corrected chi connectivity index (χ0v) is 10.2. The second-order valence-electron chi connectivity index (χ2n) is 2.91. The van der Waals surface area contributed by atoms with Crippen molar-refractivity contribution in [3.63, 3.8) is 0 Å². The summed E-state index contributed by atoms with van der Waals surface area (Å²) in [5, 5.41) is 0. The summed E-state index contributed by atoms with van der Waals surface area (Å²) >= 11 is 0. The van der Waals surface area contributed by atoms with Crippen molar-refractivity contribution in [1.82, 2.24) is 0 Å². The minimum absolute atomic E-state index is 0.152. The van der Waals surface area contributed by atoms with Crippen LogP contribution >= 0.6 is 0 Å². The van der Waals surface area contributed by atoms with Gasteiger partial charge in [-0.1, -0.05) is 32.1 Å². The fraction of sp³-hybridized carbons (Fsp3) is 0.429. The Morgan fingerprint density at radius 1 is 1.33 bits per heavy atom. The zero-order valence-electron chi connectivity index (χ0n) is 10.2. The van der Waals surface area contributed by atoms with E-state index in [-0.39, 0.29) is 5.83 Å². The van der Waals surface area contributed by atoms with Crippen LogP contribution in [0.4, 0.5) is 4.39 Å². The first-order valence-corrected chi connectivity index (χ1v) is 5.21. The minimum Gasteiger partial charge on any atom is -0.212 e. The van der Waals surface area contributed by atoms with Crippen LogP contribution in [0.3, 0.4) is 0 Å². The quantitative estimate of drug-likeness (QED) is 0.461. The summed E-state index contributed by atoms with van der Waals surface area (Å²) in [6.45, 7) is 7.39.